The number of ether oxygens (including phenoxy) is 1. The van der Waals surface area contributed by atoms with E-state index in [1.54, 1.807) is 7.11 Å². The monoisotopic (exact) mass is 313 g/mol. The summed E-state index contributed by atoms with van der Waals surface area (Å²) in [5, 5.41) is 3.36. The third kappa shape index (κ3) is 8.07. The molecule has 1 aromatic carbocycles. The summed E-state index contributed by atoms with van der Waals surface area (Å²) in [4.78, 5) is 0. The smallest absolute Gasteiger partial charge is 0.147 e. The van der Waals surface area contributed by atoms with Gasteiger partial charge in [-0.05, 0) is 56.0 Å². The zero-order valence-corrected chi connectivity index (χ0v) is 14.1. The highest BCUT2D eigenvalue weighted by Crippen LogP contribution is 2.18. The van der Waals surface area contributed by atoms with Crippen molar-refractivity contribution in [2.45, 2.75) is 26.2 Å². The normalized spacial score (nSPS) is 13.1. The second-order valence-corrected chi connectivity index (χ2v) is 7.76. The molecule has 0 aliphatic heterocycles. The van der Waals surface area contributed by atoms with Gasteiger partial charge in [-0.1, -0.05) is 19.1 Å². The first kappa shape index (κ1) is 18.0. The number of hydrogen-bond donors (Lipinski definition) is 1. The lowest BCUT2D eigenvalue weighted by Crippen LogP contribution is -2.24. The molecule has 0 radical (unpaired) electrons. The highest BCUT2D eigenvalue weighted by atomic mass is 32.2. The molecule has 0 aliphatic rings. The van der Waals surface area contributed by atoms with E-state index >= 15 is 0 Å². The van der Waals surface area contributed by atoms with E-state index in [4.69, 9.17) is 4.74 Å². The first-order valence-corrected chi connectivity index (χ1v) is 9.52. The predicted molar refractivity (Wildman–Crippen MR) is 87.7 cm³/mol. The van der Waals surface area contributed by atoms with Gasteiger partial charge in [0.1, 0.15) is 15.6 Å². The molecule has 0 saturated heterocycles. The van der Waals surface area contributed by atoms with E-state index in [1.165, 1.54) is 11.8 Å². The van der Waals surface area contributed by atoms with Crippen LogP contribution < -0.4 is 10.1 Å². The van der Waals surface area contributed by atoms with Gasteiger partial charge in [-0.25, -0.2) is 8.42 Å². The maximum Gasteiger partial charge on any atom is 0.147 e. The van der Waals surface area contributed by atoms with Crippen LogP contribution in [-0.2, 0) is 16.3 Å². The van der Waals surface area contributed by atoms with E-state index in [9.17, 15) is 8.42 Å². The van der Waals surface area contributed by atoms with Gasteiger partial charge >= 0.3 is 0 Å². The van der Waals surface area contributed by atoms with Crippen molar-refractivity contribution in [2.24, 2.45) is 5.92 Å². The fraction of sp³-hybridized carbons (Fsp3) is 0.625. The minimum atomic E-state index is -2.86. The summed E-state index contributed by atoms with van der Waals surface area (Å²) in [5.74, 6) is 1.58. The zero-order valence-electron chi connectivity index (χ0n) is 13.3. The summed E-state index contributed by atoms with van der Waals surface area (Å²) >= 11 is 0. The molecule has 1 unspecified atom stereocenters. The van der Waals surface area contributed by atoms with Crippen LogP contribution in [-0.4, -0.2) is 40.6 Å². The Morgan fingerprint density at radius 1 is 1.33 bits per heavy atom. The van der Waals surface area contributed by atoms with Gasteiger partial charge in [0, 0.05) is 12.0 Å². The Kier molecular flexibility index (Phi) is 7.75. The molecule has 5 heteroatoms. The molecule has 0 amide bonds. The molecule has 1 aromatic rings. The van der Waals surface area contributed by atoms with Crippen LogP contribution in [0.15, 0.2) is 24.3 Å². The molecule has 0 saturated carbocycles. The number of nitrogens with one attached hydrogen (secondary N) is 1. The number of rotatable bonds is 10. The number of hydrogen-bond acceptors (Lipinski definition) is 4. The van der Waals surface area contributed by atoms with Crippen molar-refractivity contribution in [3.63, 3.8) is 0 Å². The Labute approximate surface area is 128 Å². The van der Waals surface area contributed by atoms with Gasteiger partial charge in [0.15, 0.2) is 0 Å². The maximum absolute atomic E-state index is 11.2. The molecule has 1 N–H and O–H groups in total. The third-order valence-corrected chi connectivity index (χ3v) is 4.50. The van der Waals surface area contributed by atoms with Crippen LogP contribution in [0.5, 0.6) is 5.75 Å². The van der Waals surface area contributed by atoms with Crippen LogP contribution in [0.25, 0.3) is 0 Å². The van der Waals surface area contributed by atoms with Crippen LogP contribution in [0, 0.1) is 5.92 Å². The molecule has 120 valence electrons. The fourth-order valence-electron chi connectivity index (χ4n) is 2.39. The summed E-state index contributed by atoms with van der Waals surface area (Å²) in [5.41, 5.74) is 1.23. The largest absolute Gasteiger partial charge is 0.497 e. The molecule has 0 heterocycles. The van der Waals surface area contributed by atoms with Crippen molar-refractivity contribution in [3.8, 4) is 5.75 Å². The summed E-state index contributed by atoms with van der Waals surface area (Å²) < 4.78 is 27.7. The number of sulfone groups is 1. The van der Waals surface area contributed by atoms with Crippen LogP contribution in [0.1, 0.15) is 25.3 Å². The average Bonchev–Trinajstić information content (AvgIpc) is 2.43. The van der Waals surface area contributed by atoms with Gasteiger partial charge in [0.05, 0.1) is 7.11 Å². The lowest BCUT2D eigenvalue weighted by atomic mass is 9.95. The Morgan fingerprint density at radius 3 is 2.71 bits per heavy atom. The van der Waals surface area contributed by atoms with E-state index < -0.39 is 9.84 Å². The van der Waals surface area contributed by atoms with E-state index in [-0.39, 0.29) is 5.75 Å². The quantitative estimate of drug-likeness (QED) is 0.720. The molecular formula is C16H27NO3S. The number of methoxy groups -OCH3 is 1. The Hall–Kier alpha value is -1.07. The SMILES string of the molecule is CCNCC(CCCS(C)(=O)=O)Cc1cccc(OC)c1. The van der Waals surface area contributed by atoms with Gasteiger partial charge in [0.25, 0.3) is 0 Å². The molecule has 1 rings (SSSR count). The van der Waals surface area contributed by atoms with Crippen LogP contribution in [0.3, 0.4) is 0 Å². The van der Waals surface area contributed by atoms with Gasteiger partial charge in [-0.3, -0.25) is 0 Å². The lowest BCUT2D eigenvalue weighted by molar-refractivity contribution is 0.412. The molecule has 0 fully saturated rings. The summed E-state index contributed by atoms with van der Waals surface area (Å²) in [6.45, 7) is 3.93. The lowest BCUT2D eigenvalue weighted by Gasteiger charge is -2.17. The highest BCUT2D eigenvalue weighted by molar-refractivity contribution is 7.90. The Balaban J connectivity index is 2.59. The fourth-order valence-corrected chi connectivity index (χ4v) is 3.08. The summed E-state index contributed by atoms with van der Waals surface area (Å²) in [6.07, 6.45) is 3.87. The third-order valence-electron chi connectivity index (χ3n) is 3.47. The van der Waals surface area contributed by atoms with Crippen LogP contribution in [0.2, 0.25) is 0 Å². The van der Waals surface area contributed by atoms with Gasteiger partial charge in [0.2, 0.25) is 0 Å². The predicted octanol–water partition coefficient (Wildman–Crippen LogP) is 2.29. The Bertz CT molecular complexity index is 514. The zero-order chi connectivity index (χ0) is 15.7. The highest BCUT2D eigenvalue weighted by Gasteiger charge is 2.12. The van der Waals surface area contributed by atoms with Crippen molar-refractivity contribution in [3.05, 3.63) is 29.8 Å². The average molecular weight is 313 g/mol. The number of benzene rings is 1. The molecular weight excluding hydrogens is 286 g/mol. The van der Waals surface area contributed by atoms with E-state index in [1.807, 2.05) is 12.1 Å². The van der Waals surface area contributed by atoms with Crippen LogP contribution >= 0.6 is 0 Å². The van der Waals surface area contributed by atoms with Gasteiger partial charge < -0.3 is 10.1 Å². The molecule has 1 atom stereocenters. The summed E-state index contributed by atoms with van der Waals surface area (Å²) in [6, 6.07) is 8.08. The minimum Gasteiger partial charge on any atom is -0.497 e. The van der Waals surface area contributed by atoms with Crippen molar-refractivity contribution in [1.82, 2.24) is 5.32 Å². The standard InChI is InChI=1S/C16H27NO3S/c1-4-17-13-15(8-6-10-21(3,18)19)11-14-7-5-9-16(12-14)20-2/h5,7,9,12,15,17H,4,6,8,10-11,13H2,1-3H3. The molecule has 0 bridgehead atoms. The maximum atomic E-state index is 11.2. The second-order valence-electron chi connectivity index (χ2n) is 5.50. The Morgan fingerprint density at radius 2 is 2.10 bits per heavy atom. The molecule has 0 aliphatic carbocycles. The molecule has 0 spiro atoms. The van der Waals surface area contributed by atoms with E-state index in [0.29, 0.717) is 5.92 Å². The van der Waals surface area contributed by atoms with Gasteiger partial charge in [-0.2, -0.15) is 0 Å². The second kappa shape index (κ2) is 9.05. The topological polar surface area (TPSA) is 55.4 Å². The molecule has 4 nitrogen and oxygen atoms in total. The van der Waals surface area contributed by atoms with Gasteiger partial charge in [-0.15, -0.1) is 0 Å². The van der Waals surface area contributed by atoms with Crippen LogP contribution in [0.4, 0.5) is 0 Å². The summed E-state index contributed by atoms with van der Waals surface area (Å²) in [7, 11) is -1.20. The van der Waals surface area contributed by atoms with E-state index in [2.05, 4.69) is 24.4 Å². The minimum absolute atomic E-state index is 0.272. The molecule has 0 aromatic heterocycles. The molecule has 21 heavy (non-hydrogen) atoms. The first-order chi connectivity index (χ1) is 9.94. The van der Waals surface area contributed by atoms with Crippen molar-refractivity contribution in [2.75, 3.05) is 32.2 Å². The van der Waals surface area contributed by atoms with Crippen molar-refractivity contribution >= 4 is 9.84 Å². The van der Waals surface area contributed by atoms with Crippen molar-refractivity contribution in [1.29, 1.82) is 0 Å². The first-order valence-electron chi connectivity index (χ1n) is 7.46. The van der Waals surface area contributed by atoms with Crippen molar-refractivity contribution < 1.29 is 13.2 Å². The van der Waals surface area contributed by atoms with E-state index in [0.717, 1.165) is 38.1 Å².